The lowest BCUT2D eigenvalue weighted by Crippen LogP contribution is -2.44. The second-order valence-electron chi connectivity index (χ2n) is 8.41. The molecule has 0 aliphatic rings. The van der Waals surface area contributed by atoms with Crippen LogP contribution in [0.2, 0.25) is 0 Å². The Labute approximate surface area is 217 Å². The third kappa shape index (κ3) is 8.79. The van der Waals surface area contributed by atoms with E-state index < -0.39 is 5.91 Å². The van der Waals surface area contributed by atoms with E-state index in [2.05, 4.69) is 16.0 Å². The zero-order chi connectivity index (χ0) is 25.6. The largest absolute Gasteiger partial charge is 0.360 e. The highest BCUT2D eigenvalue weighted by molar-refractivity contribution is 7.80. The Morgan fingerprint density at radius 1 is 0.778 bits per heavy atom. The molecule has 0 saturated heterocycles. The second kappa shape index (κ2) is 14.6. The highest BCUT2D eigenvalue weighted by atomic mass is 32.1. The molecular formula is C28H32N4O3S. The van der Waals surface area contributed by atoms with Gasteiger partial charge in [-0.1, -0.05) is 78.9 Å². The first-order chi connectivity index (χ1) is 17.6. The van der Waals surface area contributed by atoms with Gasteiger partial charge in [-0.15, -0.1) is 0 Å². The lowest BCUT2D eigenvalue weighted by atomic mass is 9.99. The van der Waals surface area contributed by atoms with E-state index in [1.54, 1.807) is 17.6 Å². The average Bonchev–Trinajstić information content (AvgIpc) is 2.93. The molecule has 3 aromatic rings. The fourth-order valence-electron chi connectivity index (χ4n) is 3.90. The maximum atomic E-state index is 12.3. The summed E-state index contributed by atoms with van der Waals surface area (Å²) in [5.74, 6) is -0.574. The Kier molecular flexibility index (Phi) is 10.9. The van der Waals surface area contributed by atoms with Gasteiger partial charge in [0.05, 0.1) is 6.04 Å². The van der Waals surface area contributed by atoms with Crippen LogP contribution in [0.25, 0.3) is 0 Å². The van der Waals surface area contributed by atoms with Gasteiger partial charge >= 0.3 is 0 Å². The molecule has 1 unspecified atom stereocenters. The van der Waals surface area contributed by atoms with E-state index in [1.165, 1.54) is 0 Å². The lowest BCUT2D eigenvalue weighted by Gasteiger charge is -2.25. The number of hydrogen-bond acceptors (Lipinski definition) is 4. The van der Waals surface area contributed by atoms with Crippen LogP contribution in [-0.2, 0) is 4.79 Å². The van der Waals surface area contributed by atoms with Crippen LogP contribution >= 0.6 is 12.2 Å². The SMILES string of the molecule is O=C(CCC(CCCNC(=O)c1ccccc1)NC(=S)NC(c1ccccc1)c1ccccc1)NO. The molecule has 0 saturated carbocycles. The quantitative estimate of drug-likeness (QED) is 0.110. The predicted octanol–water partition coefficient (Wildman–Crippen LogP) is 4.10. The summed E-state index contributed by atoms with van der Waals surface area (Å²) in [7, 11) is 0. The molecule has 7 nitrogen and oxygen atoms in total. The zero-order valence-corrected chi connectivity index (χ0v) is 20.8. The van der Waals surface area contributed by atoms with Gasteiger partial charge in [-0.2, -0.15) is 0 Å². The Morgan fingerprint density at radius 2 is 1.33 bits per heavy atom. The first-order valence-electron chi connectivity index (χ1n) is 12.0. The molecule has 5 N–H and O–H groups in total. The number of nitrogens with one attached hydrogen (secondary N) is 4. The topological polar surface area (TPSA) is 102 Å². The first-order valence-corrected chi connectivity index (χ1v) is 12.4. The van der Waals surface area contributed by atoms with Crippen molar-refractivity contribution in [1.29, 1.82) is 0 Å². The normalized spacial score (nSPS) is 11.4. The minimum atomic E-state index is -0.454. The summed E-state index contributed by atoms with van der Waals surface area (Å²) in [6.45, 7) is 0.495. The summed E-state index contributed by atoms with van der Waals surface area (Å²) in [6, 6.07) is 28.9. The number of hydrogen-bond donors (Lipinski definition) is 5. The molecule has 3 rings (SSSR count). The van der Waals surface area contributed by atoms with Crippen LogP contribution in [0, 0.1) is 0 Å². The summed E-state index contributed by atoms with van der Waals surface area (Å²) in [5.41, 5.74) is 4.45. The molecule has 3 aromatic carbocycles. The molecule has 0 bridgehead atoms. The molecule has 0 fully saturated rings. The van der Waals surface area contributed by atoms with Crippen molar-refractivity contribution in [2.24, 2.45) is 0 Å². The highest BCUT2D eigenvalue weighted by Gasteiger charge is 2.18. The summed E-state index contributed by atoms with van der Waals surface area (Å²) < 4.78 is 0. The first kappa shape index (κ1) is 26.8. The maximum Gasteiger partial charge on any atom is 0.251 e. The summed E-state index contributed by atoms with van der Waals surface area (Å²) in [5, 5.41) is 19.0. The van der Waals surface area contributed by atoms with Gasteiger partial charge < -0.3 is 16.0 Å². The molecule has 0 heterocycles. The Hall–Kier alpha value is -3.75. The maximum absolute atomic E-state index is 12.3. The number of carbonyl (C=O) groups is 2. The van der Waals surface area contributed by atoms with Gasteiger partial charge in [-0.25, -0.2) is 5.48 Å². The van der Waals surface area contributed by atoms with E-state index in [-0.39, 0.29) is 24.4 Å². The minimum absolute atomic E-state index is 0.120. The van der Waals surface area contributed by atoms with Crippen LogP contribution in [0.5, 0.6) is 0 Å². The molecule has 0 spiro atoms. The van der Waals surface area contributed by atoms with Crippen LogP contribution in [0.1, 0.15) is 53.2 Å². The molecule has 8 heteroatoms. The molecule has 188 valence electrons. The Balaban J connectivity index is 1.59. The van der Waals surface area contributed by atoms with Gasteiger partial charge in [0.25, 0.3) is 5.91 Å². The molecule has 0 radical (unpaired) electrons. The van der Waals surface area contributed by atoms with Crippen molar-refractivity contribution in [3.8, 4) is 0 Å². The molecule has 36 heavy (non-hydrogen) atoms. The standard InChI is InChI=1S/C28H32N4O3S/c33-25(32-35)19-18-24(17-10-20-29-27(34)23-15-8-3-9-16-23)30-28(36)31-26(21-11-4-1-5-12-21)22-13-6-2-7-14-22/h1-9,11-16,24,26,35H,10,17-20H2,(H,29,34)(H,32,33)(H2,30,31,36). The molecule has 0 aliphatic heterocycles. The zero-order valence-electron chi connectivity index (χ0n) is 20.0. The number of carbonyl (C=O) groups excluding carboxylic acids is 2. The van der Waals surface area contributed by atoms with Gasteiger partial charge in [0, 0.05) is 24.6 Å². The smallest absolute Gasteiger partial charge is 0.251 e. The van der Waals surface area contributed by atoms with E-state index in [1.807, 2.05) is 78.9 Å². The third-order valence-corrected chi connectivity index (χ3v) is 6.01. The fraction of sp³-hybridized carbons (Fsp3) is 0.250. The van der Waals surface area contributed by atoms with Crippen LogP contribution < -0.4 is 21.4 Å². The van der Waals surface area contributed by atoms with Crippen molar-refractivity contribution in [2.75, 3.05) is 6.54 Å². The lowest BCUT2D eigenvalue weighted by molar-refractivity contribution is -0.129. The summed E-state index contributed by atoms with van der Waals surface area (Å²) in [6.07, 6.45) is 1.99. The second-order valence-corrected chi connectivity index (χ2v) is 8.82. The van der Waals surface area contributed by atoms with Crippen molar-refractivity contribution < 1.29 is 14.8 Å². The van der Waals surface area contributed by atoms with Gasteiger partial charge in [-0.05, 0) is 54.7 Å². The van der Waals surface area contributed by atoms with Crippen LogP contribution in [0.4, 0.5) is 0 Å². The summed E-state index contributed by atoms with van der Waals surface area (Å²) >= 11 is 5.66. The third-order valence-electron chi connectivity index (χ3n) is 5.77. The molecule has 1 atom stereocenters. The summed E-state index contributed by atoms with van der Waals surface area (Å²) in [4.78, 5) is 23.9. The molecule has 2 amide bonds. The molecule has 0 aliphatic carbocycles. The van der Waals surface area contributed by atoms with Gasteiger partial charge in [0.2, 0.25) is 5.91 Å². The minimum Gasteiger partial charge on any atom is -0.360 e. The van der Waals surface area contributed by atoms with Crippen molar-refractivity contribution in [2.45, 2.75) is 37.8 Å². The van der Waals surface area contributed by atoms with Gasteiger partial charge in [0.15, 0.2) is 5.11 Å². The predicted molar refractivity (Wildman–Crippen MR) is 145 cm³/mol. The monoisotopic (exact) mass is 504 g/mol. The van der Waals surface area contributed by atoms with Gasteiger partial charge in [-0.3, -0.25) is 14.8 Å². The fourth-order valence-corrected chi connectivity index (χ4v) is 4.18. The van der Waals surface area contributed by atoms with Gasteiger partial charge in [0.1, 0.15) is 0 Å². The van der Waals surface area contributed by atoms with Crippen molar-refractivity contribution in [3.63, 3.8) is 0 Å². The van der Waals surface area contributed by atoms with E-state index >= 15 is 0 Å². The van der Waals surface area contributed by atoms with E-state index in [9.17, 15) is 9.59 Å². The number of thiocarbonyl (C=S) groups is 1. The Morgan fingerprint density at radius 3 is 1.89 bits per heavy atom. The number of amides is 2. The van der Waals surface area contributed by atoms with Crippen LogP contribution in [-0.4, -0.2) is 34.7 Å². The number of rotatable bonds is 12. The van der Waals surface area contributed by atoms with E-state index in [0.29, 0.717) is 36.5 Å². The number of hydroxylamine groups is 1. The molecule has 0 aromatic heterocycles. The number of benzene rings is 3. The van der Waals surface area contributed by atoms with Crippen molar-refractivity contribution in [3.05, 3.63) is 108 Å². The van der Waals surface area contributed by atoms with Crippen molar-refractivity contribution in [1.82, 2.24) is 21.4 Å². The van der Waals surface area contributed by atoms with Crippen LogP contribution in [0.3, 0.4) is 0 Å². The highest BCUT2D eigenvalue weighted by Crippen LogP contribution is 2.21. The van der Waals surface area contributed by atoms with E-state index in [0.717, 1.165) is 11.1 Å². The van der Waals surface area contributed by atoms with Crippen molar-refractivity contribution >= 4 is 29.1 Å². The van der Waals surface area contributed by atoms with Crippen LogP contribution in [0.15, 0.2) is 91.0 Å². The van der Waals surface area contributed by atoms with E-state index in [4.69, 9.17) is 17.4 Å². The molecular weight excluding hydrogens is 472 g/mol. The Bertz CT molecular complexity index is 1060. The average molecular weight is 505 g/mol.